The van der Waals surface area contributed by atoms with E-state index in [1.165, 1.54) is 6.08 Å². The molecule has 94 valence electrons. The molecule has 0 fully saturated rings. The van der Waals surface area contributed by atoms with Crippen molar-refractivity contribution in [3.05, 3.63) is 46.2 Å². The van der Waals surface area contributed by atoms with Crippen molar-refractivity contribution in [3.8, 4) is 0 Å². The number of esters is 1. The van der Waals surface area contributed by atoms with Crippen molar-refractivity contribution < 1.29 is 17.9 Å². The Balaban J connectivity index is 2.67. The van der Waals surface area contributed by atoms with Crippen molar-refractivity contribution in [3.63, 3.8) is 0 Å². The fourth-order valence-corrected chi connectivity index (χ4v) is 2.97. The van der Waals surface area contributed by atoms with Crippen LogP contribution in [0.15, 0.2) is 40.7 Å². The van der Waals surface area contributed by atoms with Crippen LogP contribution in [0.5, 0.6) is 0 Å². The summed E-state index contributed by atoms with van der Waals surface area (Å²) in [7, 11) is -2.59. The molecule has 1 heterocycles. The van der Waals surface area contributed by atoms with Crippen molar-refractivity contribution >= 4 is 27.1 Å². The molecule has 5 nitrogen and oxygen atoms in total. The van der Waals surface area contributed by atoms with Crippen LogP contribution in [0.25, 0.3) is 5.57 Å². The average molecular weight is 265 g/mol. The van der Waals surface area contributed by atoms with Gasteiger partial charge in [-0.1, -0.05) is 12.1 Å². The molecule has 0 saturated heterocycles. The van der Waals surface area contributed by atoms with Crippen LogP contribution < -0.4 is 5.73 Å². The third-order valence-electron chi connectivity index (χ3n) is 2.51. The lowest BCUT2D eigenvalue weighted by molar-refractivity contribution is -0.135. The number of methoxy groups -OCH3 is 1. The molecule has 18 heavy (non-hydrogen) atoms. The lowest BCUT2D eigenvalue weighted by atomic mass is 10.1. The van der Waals surface area contributed by atoms with E-state index in [9.17, 15) is 13.2 Å². The molecular formula is C12H11NO4S. The minimum atomic E-state index is -3.72. The third-order valence-corrected chi connectivity index (χ3v) is 3.96. The number of carbonyl (C=O) groups is 1. The van der Waals surface area contributed by atoms with Crippen LogP contribution in [0, 0.1) is 0 Å². The molecule has 2 N–H and O–H groups in total. The number of allylic oxidation sites excluding steroid dienone is 2. The summed E-state index contributed by atoms with van der Waals surface area (Å²) in [5.74, 6) is -0.877. The van der Waals surface area contributed by atoms with E-state index >= 15 is 0 Å². The second kappa shape index (κ2) is 4.30. The first-order valence-electron chi connectivity index (χ1n) is 5.07. The Kier molecular flexibility index (Phi) is 2.96. The van der Waals surface area contributed by atoms with Crippen LogP contribution in [0.4, 0.5) is 5.69 Å². The predicted molar refractivity (Wildman–Crippen MR) is 67.9 cm³/mol. The van der Waals surface area contributed by atoms with Gasteiger partial charge >= 0.3 is 5.97 Å². The highest BCUT2D eigenvalue weighted by Crippen LogP contribution is 2.32. The van der Waals surface area contributed by atoms with Crippen molar-refractivity contribution in [2.24, 2.45) is 0 Å². The normalized spacial score (nSPS) is 16.9. The second-order valence-corrected chi connectivity index (χ2v) is 5.48. The first-order valence-corrected chi connectivity index (χ1v) is 6.62. The number of hydrogen-bond donors (Lipinski definition) is 1. The van der Waals surface area contributed by atoms with Gasteiger partial charge in [0.2, 0.25) is 9.84 Å². The summed E-state index contributed by atoms with van der Waals surface area (Å²) in [6.07, 6.45) is 1.37. The molecule has 0 aliphatic carbocycles. The van der Waals surface area contributed by atoms with Gasteiger partial charge in [-0.3, -0.25) is 0 Å². The first-order chi connectivity index (χ1) is 8.45. The average Bonchev–Trinajstić information content (AvgIpc) is 2.64. The molecule has 0 saturated carbocycles. The van der Waals surface area contributed by atoms with Crippen LogP contribution >= 0.6 is 0 Å². The van der Waals surface area contributed by atoms with Crippen LogP contribution in [0.3, 0.4) is 0 Å². The molecular weight excluding hydrogens is 254 g/mol. The quantitative estimate of drug-likeness (QED) is 0.639. The maximum absolute atomic E-state index is 11.8. The van der Waals surface area contributed by atoms with E-state index in [0.29, 0.717) is 16.8 Å². The second-order valence-electron chi connectivity index (χ2n) is 3.71. The maximum Gasteiger partial charge on any atom is 0.350 e. The Bertz CT molecular complexity index is 671. The molecule has 1 aromatic rings. The zero-order valence-corrected chi connectivity index (χ0v) is 10.4. The maximum atomic E-state index is 11.8. The molecule has 0 unspecified atom stereocenters. The van der Waals surface area contributed by atoms with Gasteiger partial charge in [-0.2, -0.15) is 0 Å². The van der Waals surface area contributed by atoms with E-state index in [1.807, 2.05) is 0 Å². The minimum absolute atomic E-state index is 0.300. The summed E-state index contributed by atoms with van der Waals surface area (Å²) in [5, 5.41) is 0.984. The summed E-state index contributed by atoms with van der Waals surface area (Å²) in [6.45, 7) is 0. The highest BCUT2D eigenvalue weighted by molar-refractivity contribution is 7.99. The SMILES string of the molecule is COC(=O)C1=C(c2cccc(N)c2)C=CS1(=O)=O. The van der Waals surface area contributed by atoms with Crippen molar-refractivity contribution in [1.29, 1.82) is 0 Å². The third kappa shape index (κ3) is 2.02. The van der Waals surface area contributed by atoms with Crippen molar-refractivity contribution in [1.82, 2.24) is 0 Å². The highest BCUT2D eigenvalue weighted by atomic mass is 32.2. The fourth-order valence-electron chi connectivity index (χ4n) is 1.71. The molecule has 1 aromatic carbocycles. The zero-order chi connectivity index (χ0) is 13.3. The first kappa shape index (κ1) is 12.4. The number of hydrogen-bond acceptors (Lipinski definition) is 5. The topological polar surface area (TPSA) is 86.5 Å². The number of carbonyl (C=O) groups excluding carboxylic acids is 1. The lowest BCUT2D eigenvalue weighted by Crippen LogP contribution is -2.12. The van der Waals surface area contributed by atoms with Crippen LogP contribution in [0.1, 0.15) is 5.56 Å². The van der Waals surface area contributed by atoms with Gasteiger partial charge in [0.15, 0.2) is 4.91 Å². The molecule has 6 heteroatoms. The van der Waals surface area contributed by atoms with E-state index in [2.05, 4.69) is 4.74 Å². The van der Waals surface area contributed by atoms with Gasteiger partial charge in [-0.25, -0.2) is 13.2 Å². The van der Waals surface area contributed by atoms with E-state index in [0.717, 1.165) is 12.5 Å². The van der Waals surface area contributed by atoms with Gasteiger partial charge in [0.25, 0.3) is 0 Å². The van der Waals surface area contributed by atoms with Crippen molar-refractivity contribution in [2.45, 2.75) is 0 Å². The molecule has 0 bridgehead atoms. The Morgan fingerprint density at radius 3 is 2.67 bits per heavy atom. The number of nitrogens with two attached hydrogens (primary N) is 1. The van der Waals surface area contributed by atoms with Crippen LogP contribution in [0.2, 0.25) is 0 Å². The smallest absolute Gasteiger partial charge is 0.350 e. The molecule has 0 amide bonds. The summed E-state index contributed by atoms with van der Waals surface area (Å²) >= 11 is 0. The van der Waals surface area contributed by atoms with Gasteiger partial charge in [0.1, 0.15) is 0 Å². The molecule has 0 aromatic heterocycles. The summed E-state index contributed by atoms with van der Waals surface area (Å²) in [6, 6.07) is 6.64. The summed E-state index contributed by atoms with van der Waals surface area (Å²) in [5.41, 5.74) is 6.99. The number of sulfone groups is 1. The molecule has 0 atom stereocenters. The van der Waals surface area contributed by atoms with Gasteiger partial charge < -0.3 is 10.5 Å². The van der Waals surface area contributed by atoms with E-state index in [1.54, 1.807) is 24.3 Å². The Hall–Kier alpha value is -2.08. The number of nitrogen functional groups attached to an aromatic ring is 1. The minimum Gasteiger partial charge on any atom is -0.465 e. The molecule has 1 aliphatic heterocycles. The summed E-state index contributed by atoms with van der Waals surface area (Å²) < 4.78 is 28.0. The summed E-state index contributed by atoms with van der Waals surface area (Å²) in [4.78, 5) is 11.2. The monoisotopic (exact) mass is 265 g/mol. The lowest BCUT2D eigenvalue weighted by Gasteiger charge is -2.05. The Morgan fingerprint density at radius 1 is 1.33 bits per heavy atom. The van der Waals surface area contributed by atoms with Crippen molar-refractivity contribution in [2.75, 3.05) is 12.8 Å². The standard InChI is InChI=1S/C12H11NO4S/c1-17-12(14)11-10(5-6-18(11,15)16)8-3-2-4-9(13)7-8/h2-7H,13H2,1H3. The number of benzene rings is 1. The molecule has 0 spiro atoms. The zero-order valence-electron chi connectivity index (χ0n) is 9.58. The Morgan fingerprint density at radius 2 is 2.06 bits per heavy atom. The van der Waals surface area contributed by atoms with Gasteiger partial charge in [-0.15, -0.1) is 0 Å². The van der Waals surface area contributed by atoms with Gasteiger partial charge in [-0.05, 0) is 23.8 Å². The number of anilines is 1. The molecule has 2 rings (SSSR count). The van der Waals surface area contributed by atoms with E-state index in [-0.39, 0.29) is 4.91 Å². The molecule has 1 aliphatic rings. The molecule has 0 radical (unpaired) electrons. The van der Waals surface area contributed by atoms with Crippen LogP contribution in [-0.4, -0.2) is 21.5 Å². The highest BCUT2D eigenvalue weighted by Gasteiger charge is 2.32. The fraction of sp³-hybridized carbons (Fsp3) is 0.0833. The Labute approximate surface area is 104 Å². The van der Waals surface area contributed by atoms with Gasteiger partial charge in [0.05, 0.1) is 7.11 Å². The van der Waals surface area contributed by atoms with Crippen LogP contribution in [-0.2, 0) is 19.4 Å². The van der Waals surface area contributed by atoms with E-state index < -0.39 is 15.8 Å². The predicted octanol–water partition coefficient (Wildman–Crippen LogP) is 1.09. The van der Waals surface area contributed by atoms with Gasteiger partial charge in [0, 0.05) is 16.7 Å². The number of rotatable bonds is 2. The number of ether oxygens (including phenoxy) is 1. The largest absolute Gasteiger partial charge is 0.465 e. The van der Waals surface area contributed by atoms with E-state index in [4.69, 9.17) is 5.73 Å².